The Balaban J connectivity index is 0.00000243. The molecule has 0 radical (unpaired) electrons. The monoisotopic (exact) mass is 386 g/mol. The lowest BCUT2D eigenvalue weighted by Crippen LogP contribution is -2.82. The Hall–Kier alpha value is -1.37. The van der Waals surface area contributed by atoms with Crippen molar-refractivity contribution in [2.75, 3.05) is 26.8 Å². The molecule has 5 nitrogen and oxygen atoms in total. The number of carbonyl (C=O) groups is 1. The van der Waals surface area contributed by atoms with Gasteiger partial charge < -0.3 is 20.1 Å². The summed E-state index contributed by atoms with van der Waals surface area (Å²) in [6, 6.07) is 5.83. The lowest BCUT2D eigenvalue weighted by molar-refractivity contribution is -0.229. The van der Waals surface area contributed by atoms with Crippen molar-refractivity contribution < 1.29 is 18.7 Å². The fourth-order valence-corrected chi connectivity index (χ4v) is 4.26. The molecule has 1 heterocycles. The molecule has 1 saturated carbocycles. The van der Waals surface area contributed by atoms with Crippen molar-refractivity contribution in [1.29, 1.82) is 0 Å². The third-order valence-corrected chi connectivity index (χ3v) is 5.89. The van der Waals surface area contributed by atoms with Crippen LogP contribution in [0, 0.1) is 17.2 Å². The van der Waals surface area contributed by atoms with Gasteiger partial charge in [-0.15, -0.1) is 12.4 Å². The van der Waals surface area contributed by atoms with E-state index in [1.807, 2.05) is 13.8 Å². The summed E-state index contributed by atoms with van der Waals surface area (Å²) in [5.74, 6) is 0.284. The first kappa shape index (κ1) is 20.9. The number of hydrogen-bond acceptors (Lipinski definition) is 4. The second-order valence-electron chi connectivity index (χ2n) is 7.66. The van der Waals surface area contributed by atoms with Gasteiger partial charge in [-0.2, -0.15) is 0 Å². The molecule has 2 aliphatic rings. The highest BCUT2D eigenvalue weighted by atomic mass is 35.5. The first-order valence-corrected chi connectivity index (χ1v) is 8.83. The van der Waals surface area contributed by atoms with Crippen molar-refractivity contribution in [2.45, 2.75) is 38.3 Å². The number of fused-ring (bicyclic) bond motifs is 1. The fourth-order valence-electron chi connectivity index (χ4n) is 4.26. The van der Waals surface area contributed by atoms with Crippen LogP contribution in [0.4, 0.5) is 4.39 Å². The second kappa shape index (κ2) is 7.71. The minimum Gasteiger partial charge on any atom is -0.492 e. The maximum atomic E-state index is 13.0. The van der Waals surface area contributed by atoms with Gasteiger partial charge in [0.1, 0.15) is 23.7 Å². The second-order valence-corrected chi connectivity index (χ2v) is 7.66. The smallest absolute Gasteiger partial charge is 0.243 e. The van der Waals surface area contributed by atoms with E-state index in [4.69, 9.17) is 15.2 Å². The number of rotatable bonds is 5. The van der Waals surface area contributed by atoms with Crippen LogP contribution < -0.4 is 10.5 Å². The summed E-state index contributed by atoms with van der Waals surface area (Å²) in [6.07, 6.45) is 1.93. The molecule has 1 amide bonds. The highest BCUT2D eigenvalue weighted by Crippen LogP contribution is 2.57. The van der Waals surface area contributed by atoms with Crippen LogP contribution in [0.25, 0.3) is 0 Å². The van der Waals surface area contributed by atoms with E-state index in [9.17, 15) is 9.18 Å². The standard InChI is InChI=1S/C19H27FN2O3.ClH/c1-18(2)16-15(5-4-11-25-16)19(18,21)17(23)22(3)10-12-24-14-8-6-13(20)7-9-14;/h6-9,15-16H,4-5,10-12,21H2,1-3H3;1H. The average Bonchev–Trinajstić information content (AvgIpc) is 2.61. The molecule has 1 aromatic carbocycles. The molecule has 3 unspecified atom stereocenters. The van der Waals surface area contributed by atoms with E-state index in [-0.39, 0.29) is 41.6 Å². The minimum absolute atomic E-state index is 0. The van der Waals surface area contributed by atoms with Gasteiger partial charge in [0, 0.05) is 25.0 Å². The van der Waals surface area contributed by atoms with Gasteiger partial charge in [-0.25, -0.2) is 4.39 Å². The molecule has 2 N–H and O–H groups in total. The molecule has 26 heavy (non-hydrogen) atoms. The number of ether oxygens (including phenoxy) is 2. The zero-order valence-corrected chi connectivity index (χ0v) is 16.4. The van der Waals surface area contributed by atoms with E-state index in [0.717, 1.165) is 19.4 Å². The van der Waals surface area contributed by atoms with Gasteiger partial charge in [0.2, 0.25) is 5.91 Å². The first-order valence-electron chi connectivity index (χ1n) is 8.83. The maximum absolute atomic E-state index is 13.0. The summed E-state index contributed by atoms with van der Waals surface area (Å²) in [6.45, 7) is 5.52. The van der Waals surface area contributed by atoms with Crippen LogP contribution in [0.5, 0.6) is 5.75 Å². The van der Waals surface area contributed by atoms with E-state index >= 15 is 0 Å². The van der Waals surface area contributed by atoms with Gasteiger partial charge in [-0.3, -0.25) is 4.79 Å². The number of benzene rings is 1. The lowest BCUT2D eigenvalue weighted by Gasteiger charge is -2.65. The lowest BCUT2D eigenvalue weighted by atomic mass is 9.46. The van der Waals surface area contributed by atoms with Crippen LogP contribution in [0.2, 0.25) is 0 Å². The number of hydrogen-bond donors (Lipinski definition) is 1. The Morgan fingerprint density at radius 1 is 1.38 bits per heavy atom. The van der Waals surface area contributed by atoms with Crippen molar-refractivity contribution in [3.05, 3.63) is 30.1 Å². The summed E-state index contributed by atoms with van der Waals surface area (Å²) in [5.41, 5.74) is 5.34. The van der Waals surface area contributed by atoms with Crippen LogP contribution in [0.1, 0.15) is 26.7 Å². The largest absolute Gasteiger partial charge is 0.492 e. The summed E-state index contributed by atoms with van der Waals surface area (Å²) in [7, 11) is 1.75. The topological polar surface area (TPSA) is 64.8 Å². The highest BCUT2D eigenvalue weighted by molar-refractivity contribution is 5.89. The predicted molar refractivity (Wildman–Crippen MR) is 99.9 cm³/mol. The Morgan fingerprint density at radius 3 is 2.69 bits per heavy atom. The van der Waals surface area contributed by atoms with E-state index in [0.29, 0.717) is 18.9 Å². The number of carbonyl (C=O) groups excluding carboxylic acids is 1. The summed E-state index contributed by atoms with van der Waals surface area (Å²) < 4.78 is 24.3. The van der Waals surface area contributed by atoms with Gasteiger partial charge in [0.05, 0.1) is 12.6 Å². The predicted octanol–water partition coefficient (Wildman–Crippen LogP) is 2.62. The third-order valence-electron chi connectivity index (χ3n) is 5.89. The van der Waals surface area contributed by atoms with E-state index < -0.39 is 5.54 Å². The Kier molecular flexibility index (Phi) is 6.20. The van der Waals surface area contributed by atoms with E-state index in [1.54, 1.807) is 24.1 Å². The molecular weight excluding hydrogens is 359 g/mol. The maximum Gasteiger partial charge on any atom is 0.243 e. The molecule has 2 fully saturated rings. The zero-order chi connectivity index (χ0) is 18.2. The first-order chi connectivity index (χ1) is 11.8. The van der Waals surface area contributed by atoms with E-state index in [2.05, 4.69) is 0 Å². The van der Waals surface area contributed by atoms with Crippen LogP contribution in [-0.4, -0.2) is 49.3 Å². The minimum atomic E-state index is -0.900. The molecule has 3 atom stereocenters. The summed E-state index contributed by atoms with van der Waals surface area (Å²) >= 11 is 0. The van der Waals surface area contributed by atoms with Crippen molar-refractivity contribution in [3.8, 4) is 5.75 Å². The molecule has 0 spiro atoms. The van der Waals surface area contributed by atoms with Crippen molar-refractivity contribution >= 4 is 18.3 Å². The normalized spacial score (nSPS) is 29.0. The molecule has 1 aliphatic carbocycles. The number of halogens is 2. The number of amides is 1. The average molecular weight is 387 g/mol. The summed E-state index contributed by atoms with van der Waals surface area (Å²) in [5, 5.41) is 0. The van der Waals surface area contributed by atoms with E-state index in [1.165, 1.54) is 12.1 Å². The molecule has 7 heteroatoms. The Labute approximate surface area is 160 Å². The van der Waals surface area contributed by atoms with Gasteiger partial charge in [0.25, 0.3) is 0 Å². The third kappa shape index (κ3) is 3.30. The van der Waals surface area contributed by atoms with Gasteiger partial charge in [-0.05, 0) is 37.1 Å². The van der Waals surface area contributed by atoms with Crippen LogP contribution in [0.3, 0.4) is 0 Å². The van der Waals surface area contributed by atoms with Crippen molar-refractivity contribution in [1.82, 2.24) is 4.90 Å². The molecule has 1 aliphatic heterocycles. The molecule has 1 aromatic rings. The molecule has 146 valence electrons. The molecule has 0 bridgehead atoms. The van der Waals surface area contributed by atoms with Crippen LogP contribution in [-0.2, 0) is 9.53 Å². The van der Waals surface area contributed by atoms with Gasteiger partial charge in [0.15, 0.2) is 0 Å². The molecule has 1 saturated heterocycles. The highest BCUT2D eigenvalue weighted by Gasteiger charge is 2.70. The van der Waals surface area contributed by atoms with Crippen molar-refractivity contribution in [2.24, 2.45) is 17.1 Å². The molecule has 0 aromatic heterocycles. The Bertz CT molecular complexity index is 640. The van der Waals surface area contributed by atoms with Crippen LogP contribution in [0.15, 0.2) is 24.3 Å². The molecular formula is C19H28ClFN2O3. The quantitative estimate of drug-likeness (QED) is 0.844. The zero-order valence-electron chi connectivity index (χ0n) is 15.5. The van der Waals surface area contributed by atoms with Crippen LogP contribution >= 0.6 is 12.4 Å². The summed E-state index contributed by atoms with van der Waals surface area (Å²) in [4.78, 5) is 14.7. The number of nitrogens with two attached hydrogens (primary N) is 1. The number of likely N-dealkylation sites (N-methyl/N-ethyl adjacent to an activating group) is 1. The van der Waals surface area contributed by atoms with Gasteiger partial charge >= 0.3 is 0 Å². The SMILES string of the molecule is CN(CCOc1ccc(F)cc1)C(=O)C1(N)C2CCCOC2C1(C)C.Cl. The van der Waals surface area contributed by atoms with Crippen molar-refractivity contribution in [3.63, 3.8) is 0 Å². The Morgan fingerprint density at radius 2 is 2.04 bits per heavy atom. The molecule has 3 rings (SSSR count). The fraction of sp³-hybridized carbons (Fsp3) is 0.632. The van der Waals surface area contributed by atoms with Gasteiger partial charge in [-0.1, -0.05) is 13.8 Å². The number of nitrogens with zero attached hydrogens (tertiary/aromatic N) is 1.